The number of halogens is 2. The minimum atomic E-state index is -0.556. The molecule has 0 aliphatic carbocycles. The fraction of sp³-hybridized carbons (Fsp3) is 0.185. The molecule has 3 aromatic rings. The first-order valence-corrected chi connectivity index (χ1v) is 11.5. The first kappa shape index (κ1) is 26.0. The lowest BCUT2D eigenvalue weighted by molar-refractivity contribution is -0.112. The predicted molar refractivity (Wildman–Crippen MR) is 138 cm³/mol. The number of benzene rings is 3. The van der Waals surface area contributed by atoms with E-state index in [1.165, 1.54) is 13.2 Å². The van der Waals surface area contributed by atoms with Crippen molar-refractivity contribution in [1.82, 2.24) is 0 Å². The van der Waals surface area contributed by atoms with E-state index in [1.807, 2.05) is 32.0 Å². The smallest absolute Gasteiger partial charge is 0.266 e. The Morgan fingerprint density at radius 2 is 1.77 bits per heavy atom. The lowest BCUT2D eigenvalue weighted by Crippen LogP contribution is -2.13. The van der Waals surface area contributed by atoms with Crippen molar-refractivity contribution in [3.63, 3.8) is 0 Å². The zero-order valence-electron chi connectivity index (χ0n) is 19.5. The minimum Gasteiger partial charge on any atom is -0.493 e. The van der Waals surface area contributed by atoms with Crippen LogP contribution in [0.2, 0.25) is 10.0 Å². The SMILES string of the molecule is COc1cc(/C=C(\C#N)C(=O)Nc2ccc(OCc3ccc(Cl)cc3)cc2)cc(Cl)c1OC(C)C. The van der Waals surface area contributed by atoms with Gasteiger partial charge >= 0.3 is 0 Å². The molecule has 0 radical (unpaired) electrons. The fourth-order valence-corrected chi connectivity index (χ4v) is 3.46. The van der Waals surface area contributed by atoms with Gasteiger partial charge in [0.1, 0.15) is 24.0 Å². The number of hydrogen-bond donors (Lipinski definition) is 1. The highest BCUT2D eigenvalue weighted by atomic mass is 35.5. The number of amides is 1. The number of carbonyl (C=O) groups excluding carboxylic acids is 1. The van der Waals surface area contributed by atoms with Gasteiger partial charge in [-0.15, -0.1) is 0 Å². The molecule has 0 saturated heterocycles. The molecule has 1 N–H and O–H groups in total. The van der Waals surface area contributed by atoms with Crippen LogP contribution in [0.1, 0.15) is 25.0 Å². The normalized spacial score (nSPS) is 11.1. The third kappa shape index (κ3) is 7.41. The van der Waals surface area contributed by atoms with Gasteiger partial charge in [-0.25, -0.2) is 0 Å². The number of nitriles is 1. The first-order valence-electron chi connectivity index (χ1n) is 10.7. The Kier molecular flexibility index (Phi) is 9.02. The van der Waals surface area contributed by atoms with Crippen LogP contribution in [-0.4, -0.2) is 19.1 Å². The maximum absolute atomic E-state index is 12.7. The van der Waals surface area contributed by atoms with Crippen molar-refractivity contribution in [2.45, 2.75) is 26.6 Å². The number of rotatable bonds is 9. The molecule has 3 rings (SSSR count). The lowest BCUT2D eigenvalue weighted by atomic mass is 10.1. The number of ether oxygens (including phenoxy) is 3. The molecule has 0 saturated carbocycles. The number of carbonyl (C=O) groups is 1. The van der Waals surface area contributed by atoms with E-state index in [1.54, 1.807) is 48.5 Å². The number of anilines is 1. The average molecular weight is 511 g/mol. The molecule has 0 aliphatic heterocycles. The van der Waals surface area contributed by atoms with Gasteiger partial charge in [0, 0.05) is 10.7 Å². The Morgan fingerprint density at radius 3 is 2.37 bits per heavy atom. The van der Waals surface area contributed by atoms with Crippen LogP contribution >= 0.6 is 23.2 Å². The van der Waals surface area contributed by atoms with Crippen molar-refractivity contribution >= 4 is 40.9 Å². The first-order chi connectivity index (χ1) is 16.8. The number of methoxy groups -OCH3 is 1. The predicted octanol–water partition coefficient (Wildman–Crippen LogP) is 6.91. The second kappa shape index (κ2) is 12.2. The third-order valence-corrected chi connectivity index (χ3v) is 5.25. The largest absolute Gasteiger partial charge is 0.493 e. The molecule has 180 valence electrons. The molecular weight excluding hydrogens is 487 g/mol. The standard InChI is InChI=1S/C27H24Cl2N2O4/c1-17(2)35-26-24(29)13-19(14-25(26)33-3)12-20(15-30)27(32)31-22-8-10-23(11-9-22)34-16-18-4-6-21(28)7-5-18/h4-14,17H,16H2,1-3H3,(H,31,32)/b20-12+. The summed E-state index contributed by atoms with van der Waals surface area (Å²) in [5.74, 6) is 0.895. The summed E-state index contributed by atoms with van der Waals surface area (Å²) in [6, 6.07) is 19.4. The highest BCUT2D eigenvalue weighted by Gasteiger charge is 2.15. The minimum absolute atomic E-state index is 0.0938. The van der Waals surface area contributed by atoms with E-state index in [2.05, 4.69) is 5.32 Å². The summed E-state index contributed by atoms with van der Waals surface area (Å²) < 4.78 is 16.8. The highest BCUT2D eigenvalue weighted by Crippen LogP contribution is 2.37. The monoisotopic (exact) mass is 510 g/mol. The van der Waals surface area contributed by atoms with E-state index in [4.69, 9.17) is 37.4 Å². The van der Waals surface area contributed by atoms with Crippen molar-refractivity contribution in [3.05, 3.63) is 87.4 Å². The van der Waals surface area contributed by atoms with E-state index in [0.29, 0.717) is 45.2 Å². The van der Waals surface area contributed by atoms with E-state index in [9.17, 15) is 10.1 Å². The Bertz CT molecular complexity index is 1250. The maximum atomic E-state index is 12.7. The van der Waals surface area contributed by atoms with Crippen LogP contribution in [0.15, 0.2) is 66.2 Å². The fourth-order valence-electron chi connectivity index (χ4n) is 3.07. The van der Waals surface area contributed by atoms with Gasteiger partial charge in [0.15, 0.2) is 11.5 Å². The van der Waals surface area contributed by atoms with E-state index in [-0.39, 0.29) is 11.7 Å². The van der Waals surface area contributed by atoms with Crippen molar-refractivity contribution in [3.8, 4) is 23.3 Å². The third-order valence-electron chi connectivity index (χ3n) is 4.71. The molecule has 1 amide bonds. The molecular formula is C27H24Cl2N2O4. The van der Waals surface area contributed by atoms with Crippen LogP contribution in [0.3, 0.4) is 0 Å². The molecule has 8 heteroatoms. The van der Waals surface area contributed by atoms with Gasteiger partial charge in [0.25, 0.3) is 5.91 Å². The van der Waals surface area contributed by atoms with Gasteiger partial charge in [-0.05, 0) is 79.6 Å². The molecule has 3 aromatic carbocycles. The number of nitrogens with one attached hydrogen (secondary N) is 1. The maximum Gasteiger partial charge on any atom is 0.266 e. The van der Waals surface area contributed by atoms with Crippen LogP contribution in [0, 0.1) is 11.3 Å². The summed E-state index contributed by atoms with van der Waals surface area (Å²) in [5, 5.41) is 13.2. The molecule has 6 nitrogen and oxygen atoms in total. The summed E-state index contributed by atoms with van der Waals surface area (Å²) in [6.07, 6.45) is 1.34. The topological polar surface area (TPSA) is 80.6 Å². The molecule has 0 atom stereocenters. The number of nitrogens with zero attached hydrogens (tertiary/aromatic N) is 1. The van der Waals surface area contributed by atoms with Gasteiger partial charge in [0.05, 0.1) is 18.2 Å². The molecule has 0 unspecified atom stereocenters. The van der Waals surface area contributed by atoms with Crippen molar-refractivity contribution in [2.24, 2.45) is 0 Å². The molecule has 35 heavy (non-hydrogen) atoms. The van der Waals surface area contributed by atoms with E-state index >= 15 is 0 Å². The van der Waals surface area contributed by atoms with E-state index in [0.717, 1.165) is 5.56 Å². The van der Waals surface area contributed by atoms with Crippen LogP contribution in [0.4, 0.5) is 5.69 Å². The van der Waals surface area contributed by atoms with Gasteiger partial charge < -0.3 is 19.5 Å². The second-order valence-corrected chi connectivity index (χ2v) is 8.61. The lowest BCUT2D eigenvalue weighted by Gasteiger charge is -2.15. The zero-order valence-corrected chi connectivity index (χ0v) is 21.0. The van der Waals surface area contributed by atoms with Crippen molar-refractivity contribution < 1.29 is 19.0 Å². The Labute approximate surface area is 214 Å². The molecule has 0 spiro atoms. The summed E-state index contributed by atoms with van der Waals surface area (Å²) in [6.45, 7) is 4.14. The summed E-state index contributed by atoms with van der Waals surface area (Å²) in [5.41, 5.74) is 1.94. The summed E-state index contributed by atoms with van der Waals surface area (Å²) in [4.78, 5) is 12.7. The average Bonchev–Trinajstić information content (AvgIpc) is 2.84. The van der Waals surface area contributed by atoms with Crippen molar-refractivity contribution in [1.29, 1.82) is 5.26 Å². The highest BCUT2D eigenvalue weighted by molar-refractivity contribution is 6.32. The van der Waals surface area contributed by atoms with Crippen molar-refractivity contribution in [2.75, 3.05) is 12.4 Å². The molecule has 0 bridgehead atoms. The van der Waals surface area contributed by atoms with Crippen LogP contribution in [0.25, 0.3) is 6.08 Å². The quantitative estimate of drug-likeness (QED) is 0.249. The Morgan fingerprint density at radius 1 is 1.09 bits per heavy atom. The Hall–Kier alpha value is -3.66. The Balaban J connectivity index is 1.68. The summed E-state index contributed by atoms with van der Waals surface area (Å²) in [7, 11) is 1.49. The summed E-state index contributed by atoms with van der Waals surface area (Å²) >= 11 is 12.2. The molecule has 0 aromatic heterocycles. The van der Waals surface area contributed by atoms with Gasteiger partial charge in [-0.3, -0.25) is 4.79 Å². The molecule has 0 aliphatic rings. The second-order valence-electron chi connectivity index (χ2n) is 7.76. The van der Waals surface area contributed by atoms with Crippen LogP contribution in [0.5, 0.6) is 17.2 Å². The number of hydrogen-bond acceptors (Lipinski definition) is 5. The molecule has 0 heterocycles. The van der Waals surface area contributed by atoms with Gasteiger partial charge in [-0.2, -0.15) is 5.26 Å². The van der Waals surface area contributed by atoms with Crippen LogP contribution < -0.4 is 19.5 Å². The van der Waals surface area contributed by atoms with Gasteiger partial charge in [-0.1, -0.05) is 35.3 Å². The van der Waals surface area contributed by atoms with E-state index < -0.39 is 5.91 Å². The zero-order chi connectivity index (χ0) is 25.4. The van der Waals surface area contributed by atoms with Crippen LogP contribution in [-0.2, 0) is 11.4 Å². The van der Waals surface area contributed by atoms with Gasteiger partial charge in [0.2, 0.25) is 0 Å². The molecule has 0 fully saturated rings.